The molecule has 1 saturated heterocycles. The number of nitrogens with two attached hydrogens (primary N) is 1. The zero-order valence-corrected chi connectivity index (χ0v) is 15.0. The van der Waals surface area contributed by atoms with E-state index in [0.717, 1.165) is 0 Å². The van der Waals surface area contributed by atoms with Crippen LogP contribution in [0.3, 0.4) is 0 Å². The average Bonchev–Trinajstić information content (AvgIpc) is 2.52. The number of carbonyl (C=O) groups excluding carboxylic acids is 3. The summed E-state index contributed by atoms with van der Waals surface area (Å²) in [4.78, 5) is 37.4. The maximum atomic E-state index is 12.4. The summed E-state index contributed by atoms with van der Waals surface area (Å²) in [6.07, 6.45) is 0. The van der Waals surface area contributed by atoms with Crippen molar-refractivity contribution in [1.29, 1.82) is 0 Å². The van der Waals surface area contributed by atoms with Crippen LogP contribution in [0.4, 0.5) is 0 Å². The van der Waals surface area contributed by atoms with E-state index < -0.39 is 30.2 Å². The Hall–Kier alpha value is -1.58. The van der Waals surface area contributed by atoms with Gasteiger partial charge in [-0.1, -0.05) is 0 Å². The van der Waals surface area contributed by atoms with Gasteiger partial charge in [-0.05, 0) is 26.3 Å². The lowest BCUT2D eigenvalue weighted by molar-refractivity contribution is -0.173. The van der Waals surface area contributed by atoms with Gasteiger partial charge < -0.3 is 19.9 Å². The number of esters is 2. The second-order valence-electron chi connectivity index (χ2n) is 6.55. The summed E-state index contributed by atoms with van der Waals surface area (Å²) in [6, 6.07) is -0.624. The third kappa shape index (κ3) is 3.57. The standard InChI is InChI=1S/C15H22N2O6S/c1-15(2,3)14(20)23-7-22-13(19)10-8(5-21-4)6-24-12-9(16)11(18)17(10)12/h9,12H,5-7,16H2,1-4H3/t9?,12-/m0/s1. The van der Waals surface area contributed by atoms with Crippen molar-refractivity contribution in [3.05, 3.63) is 11.3 Å². The summed E-state index contributed by atoms with van der Waals surface area (Å²) in [5.74, 6) is -1.03. The molecule has 2 N–H and O–H groups in total. The minimum atomic E-state index is -0.727. The summed E-state index contributed by atoms with van der Waals surface area (Å²) in [7, 11) is 1.50. The molecule has 1 amide bonds. The molecule has 0 radical (unpaired) electrons. The van der Waals surface area contributed by atoms with Crippen LogP contribution in [0.15, 0.2) is 11.3 Å². The van der Waals surface area contributed by atoms with Crippen molar-refractivity contribution in [2.45, 2.75) is 32.2 Å². The molecule has 9 heteroatoms. The van der Waals surface area contributed by atoms with Gasteiger partial charge in [0.25, 0.3) is 0 Å². The van der Waals surface area contributed by atoms with Crippen LogP contribution in [-0.2, 0) is 28.6 Å². The van der Waals surface area contributed by atoms with Crippen LogP contribution in [0.1, 0.15) is 20.8 Å². The van der Waals surface area contributed by atoms with Gasteiger partial charge in [-0.15, -0.1) is 11.8 Å². The van der Waals surface area contributed by atoms with Gasteiger partial charge in [0.15, 0.2) is 0 Å². The van der Waals surface area contributed by atoms with Crippen molar-refractivity contribution in [3.8, 4) is 0 Å². The molecule has 0 aromatic carbocycles. The molecule has 1 unspecified atom stereocenters. The molecule has 24 heavy (non-hydrogen) atoms. The molecule has 2 aliphatic rings. The molecule has 0 aromatic rings. The number of rotatable bonds is 5. The van der Waals surface area contributed by atoms with Gasteiger partial charge in [0.1, 0.15) is 17.1 Å². The van der Waals surface area contributed by atoms with Gasteiger partial charge in [-0.25, -0.2) is 4.79 Å². The zero-order valence-electron chi connectivity index (χ0n) is 14.2. The molecule has 2 heterocycles. The second kappa shape index (κ2) is 7.12. The van der Waals surface area contributed by atoms with Crippen molar-refractivity contribution in [2.75, 3.05) is 26.3 Å². The fraction of sp³-hybridized carbons (Fsp3) is 0.667. The Morgan fingerprint density at radius 3 is 2.58 bits per heavy atom. The Labute approximate surface area is 144 Å². The lowest BCUT2D eigenvalue weighted by atomic mass is 9.98. The summed E-state index contributed by atoms with van der Waals surface area (Å²) >= 11 is 1.48. The molecule has 8 nitrogen and oxygen atoms in total. The van der Waals surface area contributed by atoms with E-state index in [1.807, 2.05) is 0 Å². The Bertz CT molecular complexity index is 583. The predicted molar refractivity (Wildman–Crippen MR) is 86.5 cm³/mol. The topological polar surface area (TPSA) is 108 Å². The van der Waals surface area contributed by atoms with E-state index in [9.17, 15) is 14.4 Å². The van der Waals surface area contributed by atoms with Crippen LogP contribution in [0.25, 0.3) is 0 Å². The molecule has 2 aliphatic heterocycles. The molecule has 134 valence electrons. The number of methoxy groups -OCH3 is 1. The second-order valence-corrected chi connectivity index (χ2v) is 7.66. The SMILES string of the molecule is COCC1=C(C(=O)OCOC(=O)C(C)(C)C)N2C(=O)C(N)[C@@H]2SC1. The molecular formula is C15H22N2O6S. The Balaban J connectivity index is 2.06. The molecule has 0 spiro atoms. The van der Waals surface area contributed by atoms with Crippen LogP contribution in [-0.4, -0.2) is 60.4 Å². The van der Waals surface area contributed by atoms with E-state index in [2.05, 4.69) is 0 Å². The maximum absolute atomic E-state index is 12.4. The summed E-state index contributed by atoms with van der Waals surface area (Å²) in [5, 5.41) is -0.280. The average molecular weight is 358 g/mol. The number of hydrogen-bond acceptors (Lipinski definition) is 8. The first kappa shape index (κ1) is 18.8. The number of hydrogen-bond donors (Lipinski definition) is 1. The van der Waals surface area contributed by atoms with Gasteiger partial charge in [0, 0.05) is 12.9 Å². The lowest BCUT2D eigenvalue weighted by Gasteiger charge is -2.48. The summed E-state index contributed by atoms with van der Waals surface area (Å²) < 4.78 is 15.0. The lowest BCUT2D eigenvalue weighted by Crippen LogP contribution is -2.68. The fourth-order valence-electron chi connectivity index (χ4n) is 2.28. The van der Waals surface area contributed by atoms with Crippen molar-refractivity contribution in [3.63, 3.8) is 0 Å². The molecule has 0 bridgehead atoms. The number of ether oxygens (including phenoxy) is 3. The van der Waals surface area contributed by atoms with Crippen LogP contribution in [0, 0.1) is 5.41 Å². The van der Waals surface area contributed by atoms with Gasteiger partial charge in [0.2, 0.25) is 12.7 Å². The molecular weight excluding hydrogens is 336 g/mol. The quantitative estimate of drug-likeness (QED) is 0.422. The van der Waals surface area contributed by atoms with Crippen LogP contribution < -0.4 is 5.73 Å². The Morgan fingerprint density at radius 1 is 1.33 bits per heavy atom. The van der Waals surface area contributed by atoms with E-state index in [0.29, 0.717) is 11.3 Å². The van der Waals surface area contributed by atoms with E-state index in [4.69, 9.17) is 19.9 Å². The highest BCUT2D eigenvalue weighted by atomic mass is 32.2. The van der Waals surface area contributed by atoms with Crippen molar-refractivity contribution < 1.29 is 28.6 Å². The minimum absolute atomic E-state index is 0.138. The van der Waals surface area contributed by atoms with Crippen LogP contribution in [0.2, 0.25) is 0 Å². The third-order valence-corrected chi connectivity index (χ3v) is 4.95. The fourth-order valence-corrected chi connectivity index (χ4v) is 3.55. The smallest absolute Gasteiger partial charge is 0.358 e. The number of amides is 1. The van der Waals surface area contributed by atoms with Crippen molar-refractivity contribution in [2.24, 2.45) is 11.1 Å². The van der Waals surface area contributed by atoms with E-state index >= 15 is 0 Å². The number of thioether (sulfide) groups is 1. The molecule has 0 aliphatic carbocycles. The van der Waals surface area contributed by atoms with Crippen molar-refractivity contribution in [1.82, 2.24) is 4.90 Å². The highest BCUT2D eigenvalue weighted by Gasteiger charge is 2.52. The molecule has 2 rings (SSSR count). The highest BCUT2D eigenvalue weighted by Crippen LogP contribution is 2.39. The Kier molecular flexibility index (Phi) is 5.56. The Morgan fingerprint density at radius 2 is 2.00 bits per heavy atom. The van der Waals surface area contributed by atoms with Crippen LogP contribution in [0.5, 0.6) is 0 Å². The van der Waals surface area contributed by atoms with Gasteiger partial charge >= 0.3 is 11.9 Å². The number of fused-ring (bicyclic) bond motifs is 1. The number of β-lactam (4-membered cyclic amide) rings is 1. The zero-order chi connectivity index (χ0) is 18.1. The molecule has 0 aromatic heterocycles. The summed E-state index contributed by atoms with van der Waals surface area (Å²) in [5.41, 5.74) is 5.85. The van der Waals surface area contributed by atoms with Crippen LogP contribution >= 0.6 is 11.8 Å². The number of nitrogens with zero attached hydrogens (tertiary/aromatic N) is 1. The third-order valence-electron chi connectivity index (χ3n) is 3.59. The summed E-state index contributed by atoms with van der Waals surface area (Å²) in [6.45, 7) is 4.77. The first-order valence-corrected chi connectivity index (χ1v) is 8.49. The number of carbonyl (C=O) groups is 3. The largest absolute Gasteiger partial charge is 0.427 e. The van der Waals surface area contributed by atoms with E-state index in [1.165, 1.54) is 23.8 Å². The normalized spacial score (nSPS) is 23.5. The van der Waals surface area contributed by atoms with Gasteiger partial charge in [0.05, 0.1) is 12.0 Å². The van der Waals surface area contributed by atoms with E-state index in [-0.39, 0.29) is 23.6 Å². The molecule has 1 fully saturated rings. The molecule has 2 atom stereocenters. The minimum Gasteiger partial charge on any atom is -0.427 e. The monoisotopic (exact) mass is 358 g/mol. The molecule has 0 saturated carbocycles. The van der Waals surface area contributed by atoms with E-state index in [1.54, 1.807) is 20.8 Å². The highest BCUT2D eigenvalue weighted by molar-refractivity contribution is 8.00. The van der Waals surface area contributed by atoms with Gasteiger partial charge in [-0.2, -0.15) is 0 Å². The van der Waals surface area contributed by atoms with Gasteiger partial charge in [-0.3, -0.25) is 14.5 Å². The van der Waals surface area contributed by atoms with Crippen molar-refractivity contribution >= 4 is 29.6 Å². The first-order chi connectivity index (χ1) is 11.2. The maximum Gasteiger partial charge on any atom is 0.358 e. The first-order valence-electron chi connectivity index (χ1n) is 7.44. The predicted octanol–water partition coefficient (Wildman–Crippen LogP) is 0.219.